The highest BCUT2D eigenvalue weighted by Crippen LogP contribution is 2.12. The Bertz CT molecular complexity index is 473. The summed E-state index contributed by atoms with van der Waals surface area (Å²) in [6.07, 6.45) is 19.9. The summed E-state index contributed by atoms with van der Waals surface area (Å²) in [6, 6.07) is 0. The van der Waals surface area contributed by atoms with Crippen molar-refractivity contribution in [1.82, 2.24) is 0 Å². The molecule has 0 aromatic carbocycles. The van der Waals surface area contributed by atoms with E-state index in [0.717, 1.165) is 23.9 Å². The molecular weight excluding hydrogens is 358 g/mol. The molecule has 170 valence electrons. The van der Waals surface area contributed by atoms with Crippen molar-refractivity contribution in [2.75, 3.05) is 33.8 Å². The van der Waals surface area contributed by atoms with Crippen LogP contribution in [0.2, 0.25) is 0 Å². The molecule has 0 fully saturated rings. The number of carbonyl (C=O) groups excluding carboxylic acids is 1. The Hall–Kier alpha value is -1.09. The predicted molar refractivity (Wildman–Crippen MR) is 127 cm³/mol. The maximum Gasteiger partial charge on any atom is 0.362 e. The third kappa shape index (κ3) is 20.0. The fraction of sp³-hybridized carbons (Fsp3) is 0.808. The van der Waals surface area contributed by atoms with Gasteiger partial charge in [0.2, 0.25) is 0 Å². The first-order chi connectivity index (χ1) is 13.8. The fourth-order valence-electron chi connectivity index (χ4n) is 3.47. The second-order valence-corrected chi connectivity index (χ2v) is 9.55. The van der Waals surface area contributed by atoms with Crippen molar-refractivity contribution in [3.8, 4) is 0 Å². The molecule has 0 amide bonds. The molecule has 3 heteroatoms. The van der Waals surface area contributed by atoms with Gasteiger partial charge in [-0.1, -0.05) is 75.5 Å². The number of ether oxygens (including phenoxy) is 1. The molecule has 0 heterocycles. The molecule has 0 aromatic heterocycles. The zero-order valence-corrected chi connectivity index (χ0v) is 20.5. The molecule has 0 saturated heterocycles. The lowest BCUT2D eigenvalue weighted by molar-refractivity contribution is -0.883. The number of likely N-dealkylation sites (N-methyl/N-ethyl adjacent to an activating group) is 1. The summed E-state index contributed by atoms with van der Waals surface area (Å²) in [4.78, 5) is 12.1. The van der Waals surface area contributed by atoms with Crippen molar-refractivity contribution in [2.45, 2.75) is 105 Å². The molecule has 0 aromatic rings. The largest absolute Gasteiger partial charge is 0.457 e. The van der Waals surface area contributed by atoms with E-state index in [2.05, 4.69) is 47.9 Å². The van der Waals surface area contributed by atoms with Gasteiger partial charge in [0.25, 0.3) is 0 Å². The van der Waals surface area contributed by atoms with Gasteiger partial charge in [-0.25, -0.2) is 4.79 Å². The Balaban J connectivity index is 3.79. The van der Waals surface area contributed by atoms with E-state index < -0.39 is 0 Å². The second-order valence-electron chi connectivity index (χ2n) is 9.55. The number of carbonyl (C=O) groups is 1. The van der Waals surface area contributed by atoms with Crippen LogP contribution in [0.1, 0.15) is 105 Å². The van der Waals surface area contributed by atoms with Crippen molar-refractivity contribution in [1.29, 1.82) is 0 Å². The van der Waals surface area contributed by atoms with Crippen LogP contribution in [-0.2, 0) is 9.53 Å². The molecular formula is C26H50NO2+. The third-order valence-electron chi connectivity index (χ3n) is 5.44. The average Bonchev–Trinajstić information content (AvgIpc) is 2.62. The Morgan fingerprint density at radius 1 is 0.828 bits per heavy atom. The molecule has 0 aliphatic carbocycles. The van der Waals surface area contributed by atoms with Crippen LogP contribution in [0, 0.1) is 0 Å². The number of unbranched alkanes of at least 4 members (excludes halogenated alkanes) is 9. The van der Waals surface area contributed by atoms with E-state index in [1.165, 1.54) is 75.4 Å². The minimum absolute atomic E-state index is 0.0876. The molecule has 3 nitrogen and oxygen atoms in total. The second kappa shape index (κ2) is 17.7. The van der Waals surface area contributed by atoms with E-state index in [-0.39, 0.29) is 5.97 Å². The van der Waals surface area contributed by atoms with Gasteiger partial charge in [0, 0.05) is 0 Å². The van der Waals surface area contributed by atoms with E-state index in [1.807, 2.05) is 6.08 Å². The van der Waals surface area contributed by atoms with Gasteiger partial charge in [-0.2, -0.15) is 0 Å². The van der Waals surface area contributed by atoms with Crippen molar-refractivity contribution in [3.05, 3.63) is 23.3 Å². The number of quaternary nitrogens is 1. The van der Waals surface area contributed by atoms with Gasteiger partial charge in [-0.05, 0) is 52.5 Å². The van der Waals surface area contributed by atoms with Crippen molar-refractivity contribution in [2.24, 2.45) is 0 Å². The van der Waals surface area contributed by atoms with E-state index in [1.54, 1.807) is 0 Å². The molecule has 29 heavy (non-hydrogen) atoms. The number of rotatable bonds is 18. The molecule has 0 spiro atoms. The van der Waals surface area contributed by atoms with Crippen molar-refractivity contribution >= 4 is 5.97 Å². The van der Waals surface area contributed by atoms with Gasteiger partial charge in [-0.15, -0.1) is 0 Å². The zero-order valence-electron chi connectivity index (χ0n) is 20.5. The Kier molecular flexibility index (Phi) is 17.1. The molecule has 0 aliphatic rings. The summed E-state index contributed by atoms with van der Waals surface area (Å²) in [6.45, 7) is 10.5. The van der Waals surface area contributed by atoms with Crippen molar-refractivity contribution in [3.63, 3.8) is 0 Å². The SMILES string of the molecule is CCCCCCCCCCCC[N+](C)(C)CC(=O)OCC=C(C)CCC=C(C)C. The predicted octanol–water partition coefficient (Wildman–Crippen LogP) is 7.22. The van der Waals surface area contributed by atoms with E-state index in [0.29, 0.717) is 13.2 Å². The van der Waals surface area contributed by atoms with Gasteiger partial charge in [0.05, 0.1) is 20.6 Å². The Morgan fingerprint density at radius 3 is 1.93 bits per heavy atom. The normalized spacial score (nSPS) is 12.1. The number of hydrogen-bond acceptors (Lipinski definition) is 2. The topological polar surface area (TPSA) is 26.3 Å². The highest BCUT2D eigenvalue weighted by atomic mass is 16.5. The first-order valence-corrected chi connectivity index (χ1v) is 12.0. The summed E-state index contributed by atoms with van der Waals surface area (Å²) in [5.74, 6) is -0.0876. The van der Waals surface area contributed by atoms with Gasteiger partial charge in [-0.3, -0.25) is 0 Å². The molecule has 0 radical (unpaired) electrons. The van der Waals surface area contributed by atoms with E-state index >= 15 is 0 Å². The highest BCUT2D eigenvalue weighted by molar-refractivity contribution is 5.70. The third-order valence-corrected chi connectivity index (χ3v) is 5.44. The number of nitrogens with zero attached hydrogens (tertiary/aromatic N) is 1. The van der Waals surface area contributed by atoms with Gasteiger partial charge in [0.1, 0.15) is 6.61 Å². The number of allylic oxidation sites excluding steroid dienone is 3. The molecule has 0 saturated carbocycles. The lowest BCUT2D eigenvalue weighted by atomic mass is 10.1. The lowest BCUT2D eigenvalue weighted by Crippen LogP contribution is -2.45. The van der Waals surface area contributed by atoms with Crippen LogP contribution in [0.25, 0.3) is 0 Å². The Labute approximate surface area is 182 Å². The average molecular weight is 409 g/mol. The molecule has 0 unspecified atom stereocenters. The fourth-order valence-corrected chi connectivity index (χ4v) is 3.47. The highest BCUT2D eigenvalue weighted by Gasteiger charge is 2.20. The Morgan fingerprint density at radius 2 is 1.38 bits per heavy atom. The number of hydrogen-bond donors (Lipinski definition) is 0. The smallest absolute Gasteiger partial charge is 0.362 e. The monoisotopic (exact) mass is 408 g/mol. The first kappa shape index (κ1) is 27.9. The quantitative estimate of drug-likeness (QED) is 0.104. The minimum Gasteiger partial charge on any atom is -0.457 e. The van der Waals surface area contributed by atoms with Crippen LogP contribution in [-0.4, -0.2) is 44.2 Å². The van der Waals surface area contributed by atoms with Crippen LogP contribution >= 0.6 is 0 Å². The summed E-state index contributed by atoms with van der Waals surface area (Å²) >= 11 is 0. The molecule has 0 N–H and O–H groups in total. The van der Waals surface area contributed by atoms with Crippen LogP contribution in [0.15, 0.2) is 23.3 Å². The van der Waals surface area contributed by atoms with E-state index in [4.69, 9.17) is 4.74 Å². The van der Waals surface area contributed by atoms with E-state index in [9.17, 15) is 4.79 Å². The number of esters is 1. The summed E-state index contributed by atoms with van der Waals surface area (Å²) in [5, 5.41) is 0. The van der Waals surface area contributed by atoms with Crippen LogP contribution in [0.4, 0.5) is 0 Å². The maximum absolute atomic E-state index is 12.1. The standard InChI is InChI=1S/C26H50NO2/c1-7-8-9-10-11-12-13-14-15-16-21-27(5,6)23-26(28)29-22-20-25(4)19-17-18-24(2)3/h18,20H,7-17,19,21-23H2,1-6H3/q+1. The van der Waals surface area contributed by atoms with Crippen LogP contribution in [0.5, 0.6) is 0 Å². The molecule has 0 rings (SSSR count). The van der Waals surface area contributed by atoms with Crippen LogP contribution < -0.4 is 0 Å². The maximum atomic E-state index is 12.1. The first-order valence-electron chi connectivity index (χ1n) is 12.0. The molecule has 0 atom stereocenters. The summed E-state index contributed by atoms with van der Waals surface area (Å²) in [5.41, 5.74) is 2.64. The molecule has 0 bridgehead atoms. The summed E-state index contributed by atoms with van der Waals surface area (Å²) in [7, 11) is 4.27. The van der Waals surface area contributed by atoms with Crippen molar-refractivity contribution < 1.29 is 14.0 Å². The molecule has 0 aliphatic heterocycles. The van der Waals surface area contributed by atoms with Gasteiger partial charge in [0.15, 0.2) is 6.54 Å². The minimum atomic E-state index is -0.0876. The van der Waals surface area contributed by atoms with Crippen LogP contribution in [0.3, 0.4) is 0 Å². The van der Waals surface area contributed by atoms with Gasteiger partial charge >= 0.3 is 5.97 Å². The zero-order chi connectivity index (χ0) is 22.0. The summed E-state index contributed by atoms with van der Waals surface area (Å²) < 4.78 is 6.15. The lowest BCUT2D eigenvalue weighted by Gasteiger charge is -2.28. The van der Waals surface area contributed by atoms with Gasteiger partial charge < -0.3 is 9.22 Å².